The van der Waals surface area contributed by atoms with Gasteiger partial charge in [-0.2, -0.15) is 9.61 Å². The van der Waals surface area contributed by atoms with Gasteiger partial charge in [-0.05, 0) is 11.1 Å². The maximum absolute atomic E-state index is 5.80. The molecule has 1 aromatic carbocycles. The Labute approximate surface area is 127 Å². The van der Waals surface area contributed by atoms with Gasteiger partial charge in [0, 0.05) is 18.4 Å². The molecule has 2 aromatic heterocycles. The molecule has 0 unspecified atom stereocenters. The van der Waals surface area contributed by atoms with Crippen LogP contribution in [0.4, 0.5) is 0 Å². The lowest BCUT2D eigenvalue weighted by atomic mass is 9.96. The Morgan fingerprint density at radius 1 is 1.14 bits per heavy atom. The highest BCUT2D eigenvalue weighted by atomic mass is 32.1. The molecular weight excluding hydrogens is 282 g/mol. The van der Waals surface area contributed by atoms with Gasteiger partial charge >= 0.3 is 0 Å². The topological polar surface area (TPSA) is 69.1 Å². The van der Waals surface area contributed by atoms with Gasteiger partial charge in [0.05, 0.1) is 0 Å². The minimum absolute atomic E-state index is 0.0695. The fraction of sp³-hybridized carbons (Fsp3) is 0.400. The Morgan fingerprint density at radius 2 is 1.86 bits per heavy atom. The molecule has 5 nitrogen and oxygen atoms in total. The molecular formula is C15H19N5S. The van der Waals surface area contributed by atoms with Crippen molar-refractivity contribution < 1.29 is 0 Å². The number of hydrogen-bond donors (Lipinski definition) is 1. The van der Waals surface area contributed by atoms with Crippen LogP contribution in [0.3, 0.4) is 0 Å². The van der Waals surface area contributed by atoms with E-state index in [0.717, 1.165) is 22.2 Å². The Balaban J connectivity index is 1.97. The molecule has 0 aliphatic heterocycles. The van der Waals surface area contributed by atoms with Gasteiger partial charge in [0.15, 0.2) is 5.82 Å². The standard InChI is InChI=1S/C15H19N5S/c1-15(2,3)13-17-18-14-20(13)19-12(21-14)8-10-6-4-5-7-11(10)9-16/h4-7H,8-9,16H2,1-3H3. The Kier molecular flexibility index (Phi) is 3.51. The normalized spacial score (nSPS) is 12.2. The fourth-order valence-electron chi connectivity index (χ4n) is 2.29. The van der Waals surface area contributed by atoms with Crippen LogP contribution in [0, 0.1) is 0 Å². The molecule has 0 radical (unpaired) electrons. The highest BCUT2D eigenvalue weighted by Crippen LogP contribution is 2.24. The van der Waals surface area contributed by atoms with Crippen molar-refractivity contribution in [1.29, 1.82) is 0 Å². The molecule has 6 heteroatoms. The van der Waals surface area contributed by atoms with Gasteiger partial charge in [0.25, 0.3) is 0 Å². The lowest BCUT2D eigenvalue weighted by Gasteiger charge is -2.13. The van der Waals surface area contributed by atoms with E-state index in [-0.39, 0.29) is 5.41 Å². The minimum Gasteiger partial charge on any atom is -0.326 e. The van der Waals surface area contributed by atoms with Crippen molar-refractivity contribution in [2.24, 2.45) is 5.73 Å². The summed E-state index contributed by atoms with van der Waals surface area (Å²) < 4.78 is 1.87. The SMILES string of the molecule is CC(C)(C)c1nnc2sc(Cc3ccccc3CN)nn12. The van der Waals surface area contributed by atoms with Crippen molar-refractivity contribution in [3.63, 3.8) is 0 Å². The van der Waals surface area contributed by atoms with E-state index in [4.69, 9.17) is 5.73 Å². The van der Waals surface area contributed by atoms with E-state index in [0.29, 0.717) is 6.54 Å². The van der Waals surface area contributed by atoms with Gasteiger partial charge in [-0.25, -0.2) is 0 Å². The Bertz CT molecular complexity index is 766. The molecule has 0 fully saturated rings. The third-order valence-electron chi connectivity index (χ3n) is 3.38. The monoisotopic (exact) mass is 301 g/mol. The molecule has 0 aliphatic rings. The van der Waals surface area contributed by atoms with Gasteiger partial charge in [0.1, 0.15) is 5.01 Å². The van der Waals surface area contributed by atoms with Crippen LogP contribution in [0.1, 0.15) is 42.7 Å². The van der Waals surface area contributed by atoms with Gasteiger partial charge in [-0.1, -0.05) is 56.4 Å². The molecule has 2 heterocycles. The van der Waals surface area contributed by atoms with E-state index < -0.39 is 0 Å². The van der Waals surface area contributed by atoms with E-state index in [1.54, 1.807) is 11.3 Å². The largest absolute Gasteiger partial charge is 0.326 e. The second-order valence-corrected chi connectivity index (χ2v) is 7.15. The zero-order chi connectivity index (χ0) is 15.0. The average Bonchev–Trinajstić information content (AvgIpc) is 2.97. The van der Waals surface area contributed by atoms with Crippen molar-refractivity contribution in [1.82, 2.24) is 19.8 Å². The molecule has 21 heavy (non-hydrogen) atoms. The number of aromatic nitrogens is 4. The molecule has 110 valence electrons. The van der Waals surface area contributed by atoms with Crippen molar-refractivity contribution in [3.05, 3.63) is 46.2 Å². The zero-order valence-electron chi connectivity index (χ0n) is 12.5. The first-order valence-electron chi connectivity index (χ1n) is 6.97. The lowest BCUT2D eigenvalue weighted by molar-refractivity contribution is 0.527. The quantitative estimate of drug-likeness (QED) is 0.807. The molecule has 0 spiro atoms. The number of benzene rings is 1. The summed E-state index contributed by atoms with van der Waals surface area (Å²) in [7, 11) is 0. The first-order valence-corrected chi connectivity index (χ1v) is 7.79. The van der Waals surface area contributed by atoms with Crippen molar-refractivity contribution in [3.8, 4) is 0 Å². The summed E-state index contributed by atoms with van der Waals surface area (Å²) in [5.74, 6) is 0.895. The van der Waals surface area contributed by atoms with E-state index >= 15 is 0 Å². The lowest BCUT2D eigenvalue weighted by Crippen LogP contribution is -2.16. The number of nitrogens with two attached hydrogens (primary N) is 1. The van der Waals surface area contributed by atoms with Gasteiger partial charge < -0.3 is 5.73 Å². The number of hydrogen-bond acceptors (Lipinski definition) is 5. The van der Waals surface area contributed by atoms with Crippen LogP contribution < -0.4 is 5.73 Å². The smallest absolute Gasteiger partial charge is 0.234 e. The molecule has 3 rings (SSSR count). The summed E-state index contributed by atoms with van der Waals surface area (Å²) in [6.45, 7) is 6.90. The predicted octanol–water partition coefficient (Wildman–Crippen LogP) is 2.53. The third kappa shape index (κ3) is 2.69. The fourth-order valence-corrected chi connectivity index (χ4v) is 3.14. The van der Waals surface area contributed by atoms with Crippen LogP contribution in [-0.2, 0) is 18.4 Å². The van der Waals surface area contributed by atoms with Crippen LogP contribution in [0.15, 0.2) is 24.3 Å². The Hall–Kier alpha value is -1.79. The molecule has 0 atom stereocenters. The second-order valence-electron chi connectivity index (χ2n) is 6.11. The first kappa shape index (κ1) is 14.2. The second kappa shape index (κ2) is 5.20. The summed E-state index contributed by atoms with van der Waals surface area (Å²) in [6.07, 6.45) is 0.783. The molecule has 3 aromatic rings. The minimum atomic E-state index is -0.0695. The predicted molar refractivity (Wildman–Crippen MR) is 84.5 cm³/mol. The summed E-state index contributed by atoms with van der Waals surface area (Å²) in [5, 5.41) is 14.2. The van der Waals surface area contributed by atoms with Crippen LogP contribution >= 0.6 is 11.3 Å². The molecule has 0 bridgehead atoms. The van der Waals surface area contributed by atoms with E-state index in [1.807, 2.05) is 16.6 Å². The molecule has 0 amide bonds. The summed E-state index contributed by atoms with van der Waals surface area (Å²) in [4.78, 5) is 0.847. The maximum atomic E-state index is 5.80. The van der Waals surface area contributed by atoms with Gasteiger partial charge in [-0.15, -0.1) is 10.2 Å². The molecule has 0 aliphatic carbocycles. The Morgan fingerprint density at radius 3 is 2.52 bits per heavy atom. The molecule has 0 saturated carbocycles. The van der Waals surface area contributed by atoms with Crippen molar-refractivity contribution in [2.45, 2.75) is 39.2 Å². The van der Waals surface area contributed by atoms with Crippen molar-refractivity contribution >= 4 is 16.3 Å². The van der Waals surface area contributed by atoms with Crippen LogP contribution in [0.5, 0.6) is 0 Å². The van der Waals surface area contributed by atoms with Crippen LogP contribution in [-0.4, -0.2) is 19.8 Å². The average molecular weight is 301 g/mol. The highest BCUT2D eigenvalue weighted by Gasteiger charge is 2.23. The van der Waals surface area contributed by atoms with E-state index in [2.05, 4.69) is 48.2 Å². The first-order chi connectivity index (χ1) is 9.99. The van der Waals surface area contributed by atoms with Gasteiger partial charge in [0.2, 0.25) is 4.96 Å². The van der Waals surface area contributed by atoms with Crippen LogP contribution in [0.25, 0.3) is 4.96 Å². The number of fused-ring (bicyclic) bond motifs is 1. The number of rotatable bonds is 3. The zero-order valence-corrected chi connectivity index (χ0v) is 13.3. The third-order valence-corrected chi connectivity index (χ3v) is 4.28. The summed E-state index contributed by atoms with van der Waals surface area (Å²) in [5.41, 5.74) is 8.12. The van der Waals surface area contributed by atoms with Crippen molar-refractivity contribution in [2.75, 3.05) is 0 Å². The van der Waals surface area contributed by atoms with Gasteiger partial charge in [-0.3, -0.25) is 0 Å². The molecule has 2 N–H and O–H groups in total. The van der Waals surface area contributed by atoms with E-state index in [1.165, 1.54) is 11.1 Å². The summed E-state index contributed by atoms with van der Waals surface area (Å²) in [6, 6.07) is 8.22. The summed E-state index contributed by atoms with van der Waals surface area (Å²) >= 11 is 1.59. The van der Waals surface area contributed by atoms with E-state index in [9.17, 15) is 0 Å². The maximum Gasteiger partial charge on any atom is 0.234 e. The number of nitrogens with zero attached hydrogens (tertiary/aromatic N) is 4. The highest BCUT2D eigenvalue weighted by molar-refractivity contribution is 7.16. The molecule has 0 saturated heterocycles. The van der Waals surface area contributed by atoms with Crippen LogP contribution in [0.2, 0.25) is 0 Å².